The Labute approximate surface area is 143 Å². The summed E-state index contributed by atoms with van der Waals surface area (Å²) in [4.78, 5) is 0. The SMILES string of the molecule is CC(O)(Cc1cc(Cl)cc2c1OCC2)c1ccc(I)cc1. The average molecular weight is 415 g/mol. The zero-order chi connectivity index (χ0) is 15.0. The molecule has 0 amide bonds. The van der Waals surface area contributed by atoms with E-state index in [0.29, 0.717) is 18.1 Å². The van der Waals surface area contributed by atoms with Crippen molar-refractivity contribution in [1.29, 1.82) is 0 Å². The third kappa shape index (κ3) is 3.20. The van der Waals surface area contributed by atoms with Crippen LogP contribution in [0.3, 0.4) is 0 Å². The summed E-state index contributed by atoms with van der Waals surface area (Å²) in [7, 11) is 0. The Morgan fingerprint density at radius 2 is 2.00 bits per heavy atom. The quantitative estimate of drug-likeness (QED) is 0.758. The maximum atomic E-state index is 10.9. The van der Waals surface area contributed by atoms with E-state index >= 15 is 0 Å². The van der Waals surface area contributed by atoms with Crippen LogP contribution in [-0.4, -0.2) is 11.7 Å². The van der Waals surface area contributed by atoms with Crippen LogP contribution in [0.25, 0.3) is 0 Å². The Bertz CT molecular complexity index is 665. The van der Waals surface area contributed by atoms with Crippen LogP contribution in [0.15, 0.2) is 36.4 Å². The summed E-state index contributed by atoms with van der Waals surface area (Å²) in [5.74, 6) is 0.894. The first-order valence-corrected chi connectivity index (χ1v) is 8.34. The number of ether oxygens (including phenoxy) is 1. The van der Waals surface area contributed by atoms with Crippen LogP contribution in [-0.2, 0) is 18.4 Å². The number of hydrogen-bond donors (Lipinski definition) is 1. The third-order valence-electron chi connectivity index (χ3n) is 3.83. The van der Waals surface area contributed by atoms with Gasteiger partial charge in [0.1, 0.15) is 5.75 Å². The molecule has 1 aliphatic rings. The molecule has 0 fully saturated rings. The molecule has 2 aromatic rings. The topological polar surface area (TPSA) is 29.5 Å². The monoisotopic (exact) mass is 414 g/mol. The number of halogens is 2. The number of hydrogen-bond acceptors (Lipinski definition) is 2. The van der Waals surface area contributed by atoms with E-state index in [1.807, 2.05) is 43.3 Å². The second-order valence-electron chi connectivity index (χ2n) is 5.61. The van der Waals surface area contributed by atoms with Crippen LogP contribution in [0, 0.1) is 3.57 Å². The van der Waals surface area contributed by atoms with E-state index in [1.165, 1.54) is 0 Å². The van der Waals surface area contributed by atoms with Crippen molar-refractivity contribution in [3.05, 3.63) is 61.7 Å². The van der Waals surface area contributed by atoms with Crippen molar-refractivity contribution in [3.63, 3.8) is 0 Å². The van der Waals surface area contributed by atoms with Crippen LogP contribution < -0.4 is 4.74 Å². The predicted octanol–water partition coefficient (Wildman–Crippen LogP) is 4.33. The van der Waals surface area contributed by atoms with Gasteiger partial charge in [-0.2, -0.15) is 0 Å². The molecule has 0 saturated carbocycles. The fraction of sp³-hybridized carbons (Fsp3) is 0.294. The molecule has 1 aliphatic heterocycles. The highest BCUT2D eigenvalue weighted by Crippen LogP contribution is 2.37. The maximum absolute atomic E-state index is 10.9. The van der Waals surface area contributed by atoms with E-state index in [9.17, 15) is 5.11 Å². The van der Waals surface area contributed by atoms with E-state index in [1.54, 1.807) is 0 Å². The Kier molecular flexibility index (Phi) is 4.17. The lowest BCUT2D eigenvalue weighted by atomic mass is 9.88. The average Bonchev–Trinajstić information content (AvgIpc) is 2.87. The molecular weight excluding hydrogens is 399 g/mol. The minimum atomic E-state index is -0.950. The smallest absolute Gasteiger partial charge is 0.126 e. The molecule has 0 bridgehead atoms. The molecule has 1 unspecified atom stereocenters. The fourth-order valence-corrected chi connectivity index (χ4v) is 3.38. The molecule has 1 N–H and O–H groups in total. The normalized spacial score (nSPS) is 16.2. The van der Waals surface area contributed by atoms with Gasteiger partial charge >= 0.3 is 0 Å². The Balaban J connectivity index is 1.94. The summed E-state index contributed by atoms with van der Waals surface area (Å²) in [5, 5.41) is 11.6. The van der Waals surface area contributed by atoms with E-state index in [4.69, 9.17) is 16.3 Å². The first-order valence-electron chi connectivity index (χ1n) is 6.88. The van der Waals surface area contributed by atoms with Gasteiger partial charge in [-0.05, 0) is 70.5 Å². The molecule has 110 valence electrons. The van der Waals surface area contributed by atoms with Crippen molar-refractivity contribution in [1.82, 2.24) is 0 Å². The van der Waals surface area contributed by atoms with Crippen LogP contribution in [0.1, 0.15) is 23.6 Å². The molecule has 21 heavy (non-hydrogen) atoms. The molecule has 0 spiro atoms. The van der Waals surface area contributed by atoms with Crippen LogP contribution in [0.4, 0.5) is 0 Å². The molecule has 4 heteroatoms. The first-order chi connectivity index (χ1) is 9.95. The highest BCUT2D eigenvalue weighted by atomic mass is 127. The number of benzene rings is 2. The molecule has 0 radical (unpaired) electrons. The van der Waals surface area contributed by atoms with Gasteiger partial charge in [0, 0.05) is 21.4 Å². The number of rotatable bonds is 3. The Morgan fingerprint density at radius 3 is 2.71 bits per heavy atom. The third-order valence-corrected chi connectivity index (χ3v) is 4.76. The number of aliphatic hydroxyl groups is 1. The first kappa shape index (κ1) is 15.1. The summed E-state index contributed by atoms with van der Waals surface area (Å²) in [6, 6.07) is 11.8. The zero-order valence-electron chi connectivity index (χ0n) is 11.7. The zero-order valence-corrected chi connectivity index (χ0v) is 14.6. The van der Waals surface area contributed by atoms with E-state index in [2.05, 4.69) is 22.6 Å². The summed E-state index contributed by atoms with van der Waals surface area (Å²) in [6.07, 6.45) is 1.37. The highest BCUT2D eigenvalue weighted by Gasteiger charge is 2.27. The van der Waals surface area contributed by atoms with Crippen molar-refractivity contribution >= 4 is 34.2 Å². The fourth-order valence-electron chi connectivity index (χ4n) is 2.76. The molecule has 1 atom stereocenters. The van der Waals surface area contributed by atoms with Gasteiger partial charge in [-0.1, -0.05) is 23.7 Å². The van der Waals surface area contributed by atoms with E-state index in [0.717, 1.165) is 32.4 Å². The lowest BCUT2D eigenvalue weighted by Crippen LogP contribution is -2.24. The van der Waals surface area contributed by atoms with Gasteiger partial charge in [-0.25, -0.2) is 0 Å². The van der Waals surface area contributed by atoms with Crippen molar-refractivity contribution in [2.24, 2.45) is 0 Å². The second-order valence-corrected chi connectivity index (χ2v) is 7.29. The lowest BCUT2D eigenvalue weighted by Gasteiger charge is -2.25. The molecular formula is C17H16ClIO2. The van der Waals surface area contributed by atoms with Gasteiger partial charge in [0.05, 0.1) is 12.2 Å². The summed E-state index contributed by atoms with van der Waals surface area (Å²) >= 11 is 8.44. The molecule has 3 rings (SSSR count). The number of fused-ring (bicyclic) bond motifs is 1. The molecule has 0 saturated heterocycles. The van der Waals surface area contributed by atoms with Gasteiger partial charge in [0.15, 0.2) is 0 Å². The van der Waals surface area contributed by atoms with Gasteiger partial charge in [-0.3, -0.25) is 0 Å². The van der Waals surface area contributed by atoms with Crippen molar-refractivity contribution in [3.8, 4) is 5.75 Å². The molecule has 2 nitrogen and oxygen atoms in total. The van der Waals surface area contributed by atoms with Crippen LogP contribution in [0.5, 0.6) is 5.75 Å². The molecule has 0 aliphatic carbocycles. The van der Waals surface area contributed by atoms with Crippen LogP contribution >= 0.6 is 34.2 Å². The standard InChI is InChI=1S/C17H16ClIO2/c1-17(20,13-2-4-15(19)5-3-13)10-12-9-14(18)8-11-6-7-21-16(11)12/h2-5,8-9,20H,6-7,10H2,1H3. The summed E-state index contributed by atoms with van der Waals surface area (Å²) < 4.78 is 6.87. The van der Waals surface area contributed by atoms with Crippen LogP contribution in [0.2, 0.25) is 5.02 Å². The highest BCUT2D eigenvalue weighted by molar-refractivity contribution is 14.1. The molecule has 0 aromatic heterocycles. The maximum Gasteiger partial charge on any atom is 0.126 e. The largest absolute Gasteiger partial charge is 0.493 e. The van der Waals surface area contributed by atoms with Gasteiger partial charge in [-0.15, -0.1) is 0 Å². The van der Waals surface area contributed by atoms with Crippen molar-refractivity contribution in [2.45, 2.75) is 25.4 Å². The predicted molar refractivity (Wildman–Crippen MR) is 93.1 cm³/mol. The summed E-state index contributed by atoms with van der Waals surface area (Å²) in [5.41, 5.74) is 2.05. The van der Waals surface area contributed by atoms with Gasteiger partial charge < -0.3 is 9.84 Å². The lowest BCUT2D eigenvalue weighted by molar-refractivity contribution is 0.0569. The second kappa shape index (κ2) is 5.78. The van der Waals surface area contributed by atoms with Gasteiger partial charge in [0.2, 0.25) is 0 Å². The van der Waals surface area contributed by atoms with Crippen molar-refractivity contribution in [2.75, 3.05) is 6.61 Å². The minimum Gasteiger partial charge on any atom is -0.493 e. The summed E-state index contributed by atoms with van der Waals surface area (Å²) in [6.45, 7) is 2.52. The molecule has 1 heterocycles. The Hall–Kier alpha value is -0.780. The van der Waals surface area contributed by atoms with Crippen molar-refractivity contribution < 1.29 is 9.84 Å². The minimum absolute atomic E-state index is 0.483. The van der Waals surface area contributed by atoms with E-state index < -0.39 is 5.60 Å². The van der Waals surface area contributed by atoms with E-state index in [-0.39, 0.29) is 0 Å². The molecule has 2 aromatic carbocycles. The van der Waals surface area contributed by atoms with Gasteiger partial charge in [0.25, 0.3) is 0 Å². The Morgan fingerprint density at radius 1 is 1.29 bits per heavy atom.